The fourth-order valence-electron chi connectivity index (χ4n) is 2.81. The number of aryl methyl sites for hydroxylation is 1. The van der Waals surface area contributed by atoms with Crippen LogP contribution in [0.1, 0.15) is 23.6 Å². The van der Waals surface area contributed by atoms with Gasteiger partial charge in [0.05, 0.1) is 6.54 Å². The highest BCUT2D eigenvalue weighted by molar-refractivity contribution is 14.0. The summed E-state index contributed by atoms with van der Waals surface area (Å²) in [4.78, 5) is 13.0. The number of pyridine rings is 1. The minimum Gasteiger partial charge on any atom is -0.434 e. The highest BCUT2D eigenvalue weighted by Gasteiger charge is 2.10. The molecule has 0 saturated heterocycles. The Kier molecular flexibility index (Phi) is 9.63. The largest absolute Gasteiger partial charge is 0.434 e. The number of halogens is 3. The molecule has 7 nitrogen and oxygen atoms in total. The molecule has 0 unspecified atom stereocenters. The molecule has 3 rings (SSSR count). The van der Waals surface area contributed by atoms with Crippen LogP contribution in [0.15, 0.2) is 60.2 Å². The molecule has 0 bridgehead atoms. The minimum absolute atomic E-state index is 0. The van der Waals surface area contributed by atoms with Gasteiger partial charge in [-0.2, -0.15) is 8.78 Å². The number of benzene rings is 1. The van der Waals surface area contributed by atoms with Crippen LogP contribution in [0.2, 0.25) is 0 Å². The van der Waals surface area contributed by atoms with Crippen molar-refractivity contribution in [3.63, 3.8) is 0 Å². The molecular weight excluding hydrogens is 517 g/mol. The van der Waals surface area contributed by atoms with Crippen molar-refractivity contribution in [1.29, 1.82) is 0 Å². The first kappa shape index (κ1) is 24.5. The lowest BCUT2D eigenvalue weighted by Crippen LogP contribution is -2.36. The molecule has 166 valence electrons. The third-order valence-electron chi connectivity index (χ3n) is 4.22. The zero-order valence-corrected chi connectivity index (χ0v) is 19.6. The summed E-state index contributed by atoms with van der Waals surface area (Å²) in [6.07, 6.45) is 6.97. The van der Waals surface area contributed by atoms with Gasteiger partial charge in [-0.25, -0.2) is 15.0 Å². The number of nitrogens with zero attached hydrogens (tertiary/aromatic N) is 4. The SMILES string of the molecule is CCNC(=NCc1ccc(-n2ccnc2)nc1)NCc1cc(C)ccc1OC(F)F.I. The number of guanidine groups is 1. The number of aliphatic imine (C=N–C) groups is 1. The van der Waals surface area contributed by atoms with Crippen LogP contribution in [0.25, 0.3) is 5.82 Å². The van der Waals surface area contributed by atoms with E-state index in [-0.39, 0.29) is 29.7 Å². The number of imidazole rings is 1. The Morgan fingerprint density at radius 2 is 2.06 bits per heavy atom. The van der Waals surface area contributed by atoms with E-state index >= 15 is 0 Å². The first-order valence-electron chi connectivity index (χ1n) is 9.55. The quantitative estimate of drug-likeness (QED) is 0.255. The van der Waals surface area contributed by atoms with E-state index in [1.165, 1.54) is 0 Å². The lowest BCUT2D eigenvalue weighted by Gasteiger charge is -2.15. The molecule has 10 heteroatoms. The molecule has 0 fully saturated rings. The maximum absolute atomic E-state index is 12.7. The van der Waals surface area contributed by atoms with Gasteiger partial charge >= 0.3 is 6.61 Å². The lowest BCUT2D eigenvalue weighted by atomic mass is 10.1. The zero-order valence-electron chi connectivity index (χ0n) is 17.3. The van der Waals surface area contributed by atoms with Crippen molar-refractivity contribution in [1.82, 2.24) is 25.2 Å². The molecule has 2 N–H and O–H groups in total. The number of hydrogen-bond acceptors (Lipinski definition) is 4. The number of hydrogen-bond donors (Lipinski definition) is 2. The number of aromatic nitrogens is 3. The van der Waals surface area contributed by atoms with Gasteiger partial charge in [0.1, 0.15) is 17.9 Å². The first-order chi connectivity index (χ1) is 14.5. The van der Waals surface area contributed by atoms with Crippen molar-refractivity contribution in [3.05, 3.63) is 71.9 Å². The van der Waals surface area contributed by atoms with Crippen molar-refractivity contribution in [2.45, 2.75) is 33.5 Å². The lowest BCUT2D eigenvalue weighted by molar-refractivity contribution is -0.0504. The maximum atomic E-state index is 12.7. The van der Waals surface area contributed by atoms with Crippen LogP contribution in [0, 0.1) is 6.92 Å². The molecule has 0 saturated carbocycles. The summed E-state index contributed by atoms with van der Waals surface area (Å²) in [5.41, 5.74) is 2.53. The number of nitrogens with one attached hydrogen (secondary N) is 2. The summed E-state index contributed by atoms with van der Waals surface area (Å²) in [5.74, 6) is 1.50. The van der Waals surface area contributed by atoms with Gasteiger partial charge < -0.3 is 15.4 Å². The smallest absolute Gasteiger partial charge is 0.387 e. The normalized spacial score (nSPS) is 11.2. The van der Waals surface area contributed by atoms with Crippen LogP contribution in [-0.4, -0.2) is 33.7 Å². The minimum atomic E-state index is -2.87. The summed E-state index contributed by atoms with van der Waals surface area (Å²) < 4.78 is 31.8. The average molecular weight is 542 g/mol. The van der Waals surface area contributed by atoms with Crippen LogP contribution in [-0.2, 0) is 13.1 Å². The third kappa shape index (κ3) is 7.46. The van der Waals surface area contributed by atoms with Crippen LogP contribution in [0.4, 0.5) is 8.78 Å². The predicted molar refractivity (Wildman–Crippen MR) is 126 cm³/mol. The van der Waals surface area contributed by atoms with Gasteiger partial charge in [-0.15, -0.1) is 24.0 Å². The standard InChI is InChI=1S/C21H24F2N6O.HI/c1-3-25-21(28-13-17-10-15(2)4-6-18(17)30-20(22)23)27-12-16-5-7-19(26-11-16)29-9-8-24-14-29;/h4-11,14,20H,3,12-13H2,1-2H3,(H2,25,27,28);1H. The summed E-state index contributed by atoms with van der Waals surface area (Å²) in [7, 11) is 0. The Morgan fingerprint density at radius 3 is 2.71 bits per heavy atom. The van der Waals surface area contributed by atoms with Gasteiger partial charge in [-0.05, 0) is 31.5 Å². The molecule has 0 radical (unpaired) electrons. The molecule has 0 spiro atoms. The van der Waals surface area contributed by atoms with Crippen molar-refractivity contribution >= 4 is 29.9 Å². The molecule has 0 aliphatic heterocycles. The average Bonchev–Trinajstić information content (AvgIpc) is 3.27. The topological polar surface area (TPSA) is 76.4 Å². The van der Waals surface area contributed by atoms with Crippen molar-refractivity contribution in [2.24, 2.45) is 4.99 Å². The predicted octanol–water partition coefficient (Wildman–Crippen LogP) is 4.05. The van der Waals surface area contributed by atoms with E-state index in [2.05, 4.69) is 30.3 Å². The number of alkyl halides is 2. The van der Waals surface area contributed by atoms with E-state index in [1.54, 1.807) is 30.9 Å². The van der Waals surface area contributed by atoms with Crippen molar-refractivity contribution in [3.8, 4) is 11.6 Å². The highest BCUT2D eigenvalue weighted by atomic mass is 127. The monoisotopic (exact) mass is 542 g/mol. The van der Waals surface area contributed by atoms with Gasteiger partial charge in [0.15, 0.2) is 5.96 Å². The second-order valence-electron chi connectivity index (χ2n) is 6.53. The molecule has 3 aromatic rings. The Hall–Kier alpha value is -2.76. The second kappa shape index (κ2) is 12.2. The summed E-state index contributed by atoms with van der Waals surface area (Å²) in [6.45, 7) is 2.36. The molecular formula is C21H25F2IN6O. The van der Waals surface area contributed by atoms with Crippen molar-refractivity contribution < 1.29 is 13.5 Å². The van der Waals surface area contributed by atoms with Crippen LogP contribution < -0.4 is 15.4 Å². The van der Waals surface area contributed by atoms with Gasteiger partial charge in [0.25, 0.3) is 0 Å². The summed E-state index contributed by atoms with van der Waals surface area (Å²) in [6, 6.07) is 8.95. The van der Waals surface area contributed by atoms with E-state index in [0.29, 0.717) is 31.2 Å². The molecule has 0 aliphatic carbocycles. The Labute approximate surface area is 197 Å². The second-order valence-corrected chi connectivity index (χ2v) is 6.53. The molecule has 0 atom stereocenters. The van der Waals surface area contributed by atoms with Crippen LogP contribution in [0.5, 0.6) is 5.75 Å². The Balaban J connectivity index is 0.00000341. The Morgan fingerprint density at radius 1 is 1.23 bits per heavy atom. The van der Waals surface area contributed by atoms with Crippen molar-refractivity contribution in [2.75, 3.05) is 6.54 Å². The van der Waals surface area contributed by atoms with Gasteiger partial charge in [0, 0.05) is 37.2 Å². The fraction of sp³-hybridized carbons (Fsp3) is 0.286. The van der Waals surface area contributed by atoms with Gasteiger partial charge in [-0.3, -0.25) is 4.57 Å². The third-order valence-corrected chi connectivity index (χ3v) is 4.22. The van der Waals surface area contributed by atoms with E-state index < -0.39 is 6.61 Å². The molecule has 2 aromatic heterocycles. The summed E-state index contributed by atoms with van der Waals surface area (Å²) in [5, 5.41) is 6.31. The van der Waals surface area contributed by atoms with Crippen LogP contribution in [0.3, 0.4) is 0 Å². The highest BCUT2D eigenvalue weighted by Crippen LogP contribution is 2.22. The molecule has 1 aromatic carbocycles. The first-order valence-corrected chi connectivity index (χ1v) is 9.55. The summed E-state index contributed by atoms with van der Waals surface area (Å²) >= 11 is 0. The number of rotatable bonds is 8. The Bertz CT molecular complexity index is 965. The molecule has 0 amide bonds. The van der Waals surface area contributed by atoms with E-state index in [9.17, 15) is 8.78 Å². The maximum Gasteiger partial charge on any atom is 0.387 e. The van der Waals surface area contributed by atoms with Crippen LogP contribution >= 0.6 is 24.0 Å². The molecule has 2 heterocycles. The zero-order chi connectivity index (χ0) is 21.3. The van der Waals surface area contributed by atoms with E-state index in [0.717, 1.165) is 16.9 Å². The van der Waals surface area contributed by atoms with Gasteiger partial charge in [0.2, 0.25) is 0 Å². The number of ether oxygens (including phenoxy) is 1. The molecule has 0 aliphatic rings. The van der Waals surface area contributed by atoms with E-state index in [1.807, 2.05) is 42.8 Å². The molecule has 31 heavy (non-hydrogen) atoms. The van der Waals surface area contributed by atoms with Gasteiger partial charge in [-0.1, -0.05) is 23.8 Å². The van der Waals surface area contributed by atoms with E-state index in [4.69, 9.17) is 0 Å². The fourth-order valence-corrected chi connectivity index (χ4v) is 2.81.